The van der Waals surface area contributed by atoms with Gasteiger partial charge in [-0.2, -0.15) is 0 Å². The minimum absolute atomic E-state index is 0.248. The zero-order chi connectivity index (χ0) is 52.2. The number of allylic oxidation sites excluding steroid dienone is 3. The lowest BCUT2D eigenvalue weighted by Crippen LogP contribution is -1.99. The van der Waals surface area contributed by atoms with E-state index in [-0.39, 0.29) is 29.4 Å². The van der Waals surface area contributed by atoms with Gasteiger partial charge >= 0.3 is 11.9 Å². The van der Waals surface area contributed by atoms with Gasteiger partial charge in [0.25, 0.3) is 0 Å². The molecule has 0 radical (unpaired) electrons. The Kier molecular flexibility index (Phi) is 50.6. The topological polar surface area (TPSA) is 124 Å². The van der Waals surface area contributed by atoms with Crippen LogP contribution in [0.2, 0.25) is 0 Å². The maximum atomic E-state index is 12.9. The number of hydrogen-bond acceptors (Lipinski definition) is 8. The molecule has 69 heavy (non-hydrogen) atoms. The fraction of sp³-hybridized carbons (Fsp3) is 0.466. The van der Waals surface area contributed by atoms with Crippen LogP contribution >= 0.6 is 0 Å². The molecule has 0 heterocycles. The van der Waals surface area contributed by atoms with Crippen LogP contribution in [0.1, 0.15) is 179 Å². The van der Waals surface area contributed by atoms with Crippen molar-refractivity contribution in [2.24, 2.45) is 0 Å². The number of carbonyl (C=O) groups is 5. The molecule has 0 amide bonds. The van der Waals surface area contributed by atoms with Crippen LogP contribution in [-0.2, 0) is 28.7 Å². The fourth-order valence-corrected chi connectivity index (χ4v) is 5.55. The van der Waals surface area contributed by atoms with Gasteiger partial charge in [0.05, 0.1) is 13.2 Å². The number of halogens is 3. The number of hydrogen-bond donors (Lipinski definition) is 1. The van der Waals surface area contributed by atoms with Crippen LogP contribution in [-0.4, -0.2) is 55.7 Å². The Bertz CT molecular complexity index is 1800. The van der Waals surface area contributed by atoms with Crippen molar-refractivity contribution in [1.82, 2.24) is 0 Å². The Morgan fingerprint density at radius 3 is 1.28 bits per heavy atom. The first kappa shape index (κ1) is 67.6. The number of ether oxygens (including phenoxy) is 2. The molecule has 384 valence electrons. The number of aliphatic hydroxyl groups is 1. The van der Waals surface area contributed by atoms with E-state index in [1.54, 1.807) is 44.2 Å². The summed E-state index contributed by atoms with van der Waals surface area (Å²) in [7, 11) is 0. The number of rotatable bonds is 27. The molecule has 0 aliphatic heterocycles. The second-order valence-electron chi connectivity index (χ2n) is 15.4. The quantitative estimate of drug-likeness (QED) is 0.0263. The molecule has 3 rings (SSSR count). The van der Waals surface area contributed by atoms with Gasteiger partial charge in [-0.15, -0.1) is 0 Å². The van der Waals surface area contributed by atoms with Crippen LogP contribution in [0.3, 0.4) is 0 Å². The van der Waals surface area contributed by atoms with Crippen LogP contribution in [0.5, 0.6) is 0 Å². The van der Waals surface area contributed by atoms with Crippen molar-refractivity contribution in [3.8, 4) is 0 Å². The van der Waals surface area contributed by atoms with Gasteiger partial charge in [0.1, 0.15) is 36.3 Å². The van der Waals surface area contributed by atoms with Gasteiger partial charge in [0.2, 0.25) is 0 Å². The monoisotopic (exact) mass is 965 g/mol. The first-order valence-electron chi connectivity index (χ1n) is 24.6. The van der Waals surface area contributed by atoms with E-state index in [9.17, 15) is 37.1 Å². The molecule has 11 heteroatoms. The van der Waals surface area contributed by atoms with Gasteiger partial charge in [-0.1, -0.05) is 141 Å². The lowest BCUT2D eigenvalue weighted by atomic mass is 10.0. The van der Waals surface area contributed by atoms with Gasteiger partial charge in [-0.3, -0.25) is 9.59 Å². The second-order valence-corrected chi connectivity index (χ2v) is 15.4. The van der Waals surface area contributed by atoms with Crippen molar-refractivity contribution in [3.63, 3.8) is 0 Å². The van der Waals surface area contributed by atoms with Crippen molar-refractivity contribution < 1.29 is 51.7 Å². The standard InChI is InChI=1S/C18H23FO2.C14H17FO.C7H5FO.C7H16O.C7H14O.C5H8O2/c1-3-5-6-7-15(10-13-18(20)21-4-2)14-16-8-11-17(19)12-9-16;1-2-3-4-5-13(11-16)10-12-6-8-14(15)9-7-12;8-7-3-1-6(5-9)2-4-7;2*1-2-3-4-5-6-7-8;1-3-5(6)7-4-2/h8-14H,3-7H2,1-2H3;6-11H,2-5H2,1H3;1-5H;8H,2-7H2,1H3;7H,2-6H2,1H3;3H,1,4H2,2H3/b13-10+,15-14+;13-10+;;;;. The Morgan fingerprint density at radius 2 is 0.899 bits per heavy atom. The Morgan fingerprint density at radius 1 is 0.507 bits per heavy atom. The average molecular weight is 965 g/mol. The number of unbranched alkanes of at least 4 members (excludes halogenated alkanes) is 12. The van der Waals surface area contributed by atoms with Crippen molar-refractivity contribution >= 4 is 42.9 Å². The van der Waals surface area contributed by atoms with Crippen molar-refractivity contribution in [1.29, 1.82) is 0 Å². The molecule has 0 aliphatic carbocycles. The van der Waals surface area contributed by atoms with E-state index in [0.717, 1.165) is 112 Å². The molecule has 0 aromatic heterocycles. The molecule has 0 saturated carbocycles. The van der Waals surface area contributed by atoms with Crippen molar-refractivity contribution in [3.05, 3.63) is 143 Å². The van der Waals surface area contributed by atoms with Gasteiger partial charge < -0.3 is 19.4 Å². The number of esters is 2. The van der Waals surface area contributed by atoms with E-state index in [2.05, 4.69) is 39.0 Å². The lowest BCUT2D eigenvalue weighted by molar-refractivity contribution is -0.138. The Balaban J connectivity index is -0.000000802. The first-order chi connectivity index (χ1) is 33.4. The summed E-state index contributed by atoms with van der Waals surface area (Å²) in [5.74, 6) is -1.52. The normalized spacial score (nSPS) is 10.4. The third-order valence-corrected chi connectivity index (χ3v) is 9.35. The summed E-state index contributed by atoms with van der Waals surface area (Å²) < 4.78 is 47.0. The van der Waals surface area contributed by atoms with Crippen molar-refractivity contribution in [2.45, 2.75) is 157 Å². The highest BCUT2D eigenvalue weighted by Gasteiger charge is 2.00. The Hall–Kier alpha value is -5.68. The number of aliphatic hydroxyl groups excluding tert-OH is 1. The molecular formula is C58H83F3O8. The summed E-state index contributed by atoms with van der Waals surface area (Å²) in [6.07, 6.45) is 30.7. The molecule has 3 aromatic rings. The first-order valence-corrected chi connectivity index (χ1v) is 24.6. The van der Waals surface area contributed by atoms with E-state index < -0.39 is 0 Å². The number of carbonyl (C=O) groups excluding carboxylic acids is 5. The second kappa shape index (κ2) is 51.7. The van der Waals surface area contributed by atoms with E-state index >= 15 is 0 Å². The summed E-state index contributed by atoms with van der Waals surface area (Å²) >= 11 is 0. The molecule has 0 bridgehead atoms. The summed E-state index contributed by atoms with van der Waals surface area (Å²) in [6, 6.07) is 17.9. The fourth-order valence-electron chi connectivity index (χ4n) is 5.55. The molecule has 0 spiro atoms. The van der Waals surface area contributed by atoms with Gasteiger partial charge in [-0.25, -0.2) is 22.8 Å². The number of aldehydes is 3. The molecule has 3 aromatic carbocycles. The summed E-state index contributed by atoms with van der Waals surface area (Å²) in [4.78, 5) is 52.1. The van der Waals surface area contributed by atoms with Crippen LogP contribution in [0.15, 0.2) is 109 Å². The molecule has 0 aliphatic rings. The highest BCUT2D eigenvalue weighted by atomic mass is 19.1. The minimum atomic E-state index is -0.359. The Labute approximate surface area is 413 Å². The van der Waals surface area contributed by atoms with E-state index in [4.69, 9.17) is 9.84 Å². The summed E-state index contributed by atoms with van der Waals surface area (Å²) in [5, 5.41) is 8.37. The molecule has 0 unspecified atom stereocenters. The molecule has 0 saturated heterocycles. The van der Waals surface area contributed by atoms with Crippen LogP contribution in [0, 0.1) is 17.5 Å². The van der Waals surface area contributed by atoms with E-state index in [1.807, 2.05) is 12.2 Å². The smallest absolute Gasteiger partial charge is 0.330 e. The lowest BCUT2D eigenvalue weighted by Gasteiger charge is -2.03. The largest absolute Gasteiger partial charge is 0.463 e. The van der Waals surface area contributed by atoms with E-state index in [0.29, 0.717) is 31.7 Å². The third kappa shape index (κ3) is 47.2. The van der Waals surface area contributed by atoms with Crippen LogP contribution < -0.4 is 0 Å². The molecule has 1 N–H and O–H groups in total. The van der Waals surface area contributed by atoms with Crippen molar-refractivity contribution in [2.75, 3.05) is 19.8 Å². The highest BCUT2D eigenvalue weighted by molar-refractivity contribution is 5.83. The summed E-state index contributed by atoms with van der Waals surface area (Å²) in [5.41, 5.74) is 4.12. The SMILES string of the molecule is C=CC(=O)OCC.CCCCC/C(C=O)=C\c1ccc(F)cc1.CCCCCC(/C=C/C(=O)OCC)=C\c1ccc(F)cc1.CCCCCCC=O.CCCCCCCO.O=Cc1ccc(F)cc1. The highest BCUT2D eigenvalue weighted by Crippen LogP contribution is 2.16. The van der Waals surface area contributed by atoms with Crippen LogP contribution in [0.25, 0.3) is 12.2 Å². The predicted octanol–water partition coefficient (Wildman–Crippen LogP) is 15.4. The maximum Gasteiger partial charge on any atom is 0.330 e. The number of benzene rings is 3. The van der Waals surface area contributed by atoms with Gasteiger partial charge in [0.15, 0.2) is 0 Å². The maximum absolute atomic E-state index is 12.9. The zero-order valence-corrected chi connectivity index (χ0v) is 42.5. The van der Waals surface area contributed by atoms with Gasteiger partial charge in [-0.05, 0) is 129 Å². The minimum Gasteiger partial charge on any atom is -0.463 e. The molecule has 0 fully saturated rings. The molecule has 0 atom stereocenters. The van der Waals surface area contributed by atoms with Crippen LogP contribution in [0.4, 0.5) is 13.2 Å². The van der Waals surface area contributed by atoms with E-state index in [1.165, 1.54) is 99.6 Å². The average Bonchev–Trinajstić information content (AvgIpc) is 3.36. The third-order valence-electron chi connectivity index (χ3n) is 9.35. The predicted molar refractivity (Wildman–Crippen MR) is 278 cm³/mol. The van der Waals surface area contributed by atoms with Gasteiger partial charge in [0, 0.05) is 30.7 Å². The zero-order valence-electron chi connectivity index (χ0n) is 42.5. The molecule has 8 nitrogen and oxygen atoms in total. The molecular weight excluding hydrogens is 882 g/mol. The summed E-state index contributed by atoms with van der Waals surface area (Å²) in [6.45, 7) is 16.5.